The second-order valence-corrected chi connectivity index (χ2v) is 6.17. The first-order chi connectivity index (χ1) is 9.33. The van der Waals surface area contributed by atoms with Gasteiger partial charge in [-0.15, -0.1) is 0 Å². The molecule has 3 rings (SSSR count). The van der Waals surface area contributed by atoms with Crippen molar-refractivity contribution < 1.29 is 0 Å². The van der Waals surface area contributed by atoms with Crippen LogP contribution in [0.25, 0.3) is 0 Å². The summed E-state index contributed by atoms with van der Waals surface area (Å²) in [5.74, 6) is 1.89. The molecule has 106 valence electrons. The predicted molar refractivity (Wildman–Crippen MR) is 76.8 cm³/mol. The highest BCUT2D eigenvalue weighted by Gasteiger charge is 2.27. The van der Waals surface area contributed by atoms with Gasteiger partial charge < -0.3 is 5.32 Å². The van der Waals surface area contributed by atoms with E-state index < -0.39 is 0 Å². The summed E-state index contributed by atoms with van der Waals surface area (Å²) < 4.78 is 2.00. The number of aryl methyl sites for hydroxylation is 1. The van der Waals surface area contributed by atoms with Crippen LogP contribution in [0.3, 0.4) is 0 Å². The summed E-state index contributed by atoms with van der Waals surface area (Å²) in [5.41, 5.74) is 1.33. The van der Waals surface area contributed by atoms with Crippen LogP contribution in [-0.4, -0.2) is 40.9 Å². The van der Waals surface area contributed by atoms with Crippen LogP contribution in [0.5, 0.6) is 0 Å². The van der Waals surface area contributed by atoms with Gasteiger partial charge in [0.05, 0.1) is 5.69 Å². The Kier molecular flexibility index (Phi) is 4.18. The minimum atomic E-state index is 0.938. The van der Waals surface area contributed by atoms with Crippen LogP contribution in [0.4, 0.5) is 0 Å². The first-order valence-corrected chi connectivity index (χ1v) is 7.73. The van der Waals surface area contributed by atoms with E-state index in [2.05, 4.69) is 21.4 Å². The highest BCUT2D eigenvalue weighted by molar-refractivity contribution is 5.00. The van der Waals surface area contributed by atoms with Crippen molar-refractivity contribution in [2.75, 3.05) is 26.2 Å². The van der Waals surface area contributed by atoms with E-state index in [0.29, 0.717) is 0 Å². The minimum absolute atomic E-state index is 0.938. The summed E-state index contributed by atoms with van der Waals surface area (Å²) in [4.78, 5) is 2.59. The molecule has 0 amide bonds. The molecule has 2 saturated heterocycles. The zero-order chi connectivity index (χ0) is 13.1. The Balaban J connectivity index is 1.48. The van der Waals surface area contributed by atoms with Gasteiger partial charge in [0.2, 0.25) is 0 Å². The first-order valence-electron chi connectivity index (χ1n) is 7.73. The number of likely N-dealkylation sites (tertiary alicyclic amines) is 1. The van der Waals surface area contributed by atoms with Gasteiger partial charge in [0.1, 0.15) is 0 Å². The van der Waals surface area contributed by atoms with Crippen molar-refractivity contribution in [1.29, 1.82) is 0 Å². The van der Waals surface area contributed by atoms with Crippen molar-refractivity contribution in [1.82, 2.24) is 20.0 Å². The van der Waals surface area contributed by atoms with E-state index in [1.807, 2.05) is 17.9 Å². The smallest absolute Gasteiger partial charge is 0.0521 e. The van der Waals surface area contributed by atoms with Crippen LogP contribution in [0.2, 0.25) is 0 Å². The quantitative estimate of drug-likeness (QED) is 0.899. The molecule has 0 aromatic carbocycles. The van der Waals surface area contributed by atoms with Crippen LogP contribution in [0.1, 0.15) is 31.4 Å². The summed E-state index contributed by atoms with van der Waals surface area (Å²) in [6, 6.07) is 2.14. The molecule has 1 aromatic rings. The molecule has 1 N–H and O–H groups in total. The molecule has 0 spiro atoms. The van der Waals surface area contributed by atoms with Gasteiger partial charge in [-0.3, -0.25) is 9.58 Å². The van der Waals surface area contributed by atoms with Crippen molar-refractivity contribution in [3.05, 3.63) is 18.0 Å². The number of piperidine rings is 2. The first kappa shape index (κ1) is 13.1. The third-order valence-electron chi connectivity index (χ3n) is 4.94. The topological polar surface area (TPSA) is 33.1 Å². The Labute approximate surface area is 116 Å². The molecule has 0 aliphatic carbocycles. The summed E-state index contributed by atoms with van der Waals surface area (Å²) in [7, 11) is 2.04. The van der Waals surface area contributed by atoms with Gasteiger partial charge in [-0.05, 0) is 69.8 Å². The lowest BCUT2D eigenvalue weighted by Crippen LogP contribution is -2.40. The molecule has 3 heterocycles. The van der Waals surface area contributed by atoms with Gasteiger partial charge in [-0.2, -0.15) is 5.10 Å². The SMILES string of the molecule is Cn1nccc1CN1CCC(C2CCCNC2)CC1. The molecule has 0 bridgehead atoms. The fourth-order valence-corrected chi connectivity index (χ4v) is 3.65. The van der Waals surface area contributed by atoms with Gasteiger partial charge in [0, 0.05) is 19.8 Å². The number of hydrogen-bond donors (Lipinski definition) is 1. The van der Waals surface area contributed by atoms with Gasteiger partial charge in [0.15, 0.2) is 0 Å². The van der Waals surface area contributed by atoms with Crippen LogP contribution >= 0.6 is 0 Å². The average Bonchev–Trinajstić information content (AvgIpc) is 2.86. The highest BCUT2D eigenvalue weighted by Crippen LogP contribution is 2.29. The second-order valence-electron chi connectivity index (χ2n) is 6.17. The molecule has 0 saturated carbocycles. The van der Waals surface area contributed by atoms with Crippen LogP contribution in [0, 0.1) is 11.8 Å². The number of hydrogen-bond acceptors (Lipinski definition) is 3. The Bertz CT molecular complexity index is 387. The van der Waals surface area contributed by atoms with E-state index in [0.717, 1.165) is 18.4 Å². The summed E-state index contributed by atoms with van der Waals surface area (Å²) in [6.45, 7) is 6.06. The van der Waals surface area contributed by atoms with Gasteiger partial charge >= 0.3 is 0 Å². The molecule has 1 aromatic heterocycles. The van der Waals surface area contributed by atoms with Gasteiger partial charge in [-0.1, -0.05) is 0 Å². The molecule has 19 heavy (non-hydrogen) atoms. The van der Waals surface area contributed by atoms with Gasteiger partial charge in [-0.25, -0.2) is 0 Å². The molecule has 2 aliphatic rings. The van der Waals surface area contributed by atoms with E-state index in [1.54, 1.807) is 0 Å². The monoisotopic (exact) mass is 262 g/mol. The third-order valence-corrected chi connectivity index (χ3v) is 4.94. The lowest BCUT2D eigenvalue weighted by molar-refractivity contribution is 0.126. The summed E-state index contributed by atoms with van der Waals surface area (Å²) >= 11 is 0. The van der Waals surface area contributed by atoms with Gasteiger partial charge in [0.25, 0.3) is 0 Å². The average molecular weight is 262 g/mol. The number of nitrogens with one attached hydrogen (secondary N) is 1. The van der Waals surface area contributed by atoms with E-state index in [9.17, 15) is 0 Å². The Hall–Kier alpha value is -0.870. The lowest BCUT2D eigenvalue weighted by atomic mass is 9.80. The maximum atomic E-state index is 4.25. The maximum Gasteiger partial charge on any atom is 0.0521 e. The Morgan fingerprint density at radius 3 is 2.74 bits per heavy atom. The normalized spacial score (nSPS) is 26.7. The van der Waals surface area contributed by atoms with E-state index >= 15 is 0 Å². The molecular formula is C15H26N4. The van der Waals surface area contributed by atoms with Crippen molar-refractivity contribution in [3.8, 4) is 0 Å². The standard InChI is InChI=1S/C15H26N4/c1-18-15(4-8-17-18)12-19-9-5-13(6-10-19)14-3-2-7-16-11-14/h4,8,13-14,16H,2-3,5-7,9-12H2,1H3. The zero-order valence-corrected chi connectivity index (χ0v) is 12.0. The van der Waals surface area contributed by atoms with Crippen LogP contribution in [0.15, 0.2) is 12.3 Å². The lowest BCUT2D eigenvalue weighted by Gasteiger charge is -2.37. The largest absolute Gasteiger partial charge is 0.316 e. The summed E-state index contributed by atoms with van der Waals surface area (Å²) in [5, 5.41) is 7.81. The third kappa shape index (κ3) is 3.18. The number of aromatic nitrogens is 2. The molecule has 2 fully saturated rings. The van der Waals surface area contributed by atoms with Crippen molar-refractivity contribution >= 4 is 0 Å². The fraction of sp³-hybridized carbons (Fsp3) is 0.800. The van der Waals surface area contributed by atoms with E-state index in [1.165, 1.54) is 57.6 Å². The maximum absolute atomic E-state index is 4.25. The molecule has 4 heteroatoms. The van der Waals surface area contributed by atoms with Crippen molar-refractivity contribution in [3.63, 3.8) is 0 Å². The number of nitrogens with zero attached hydrogens (tertiary/aromatic N) is 3. The predicted octanol–water partition coefficient (Wildman–Crippen LogP) is 1.63. The summed E-state index contributed by atoms with van der Waals surface area (Å²) in [6.07, 6.45) is 7.48. The second kappa shape index (κ2) is 6.06. The Morgan fingerprint density at radius 1 is 1.26 bits per heavy atom. The minimum Gasteiger partial charge on any atom is -0.316 e. The van der Waals surface area contributed by atoms with E-state index in [4.69, 9.17) is 0 Å². The zero-order valence-electron chi connectivity index (χ0n) is 12.0. The molecule has 1 unspecified atom stereocenters. The highest BCUT2D eigenvalue weighted by atomic mass is 15.3. The number of rotatable bonds is 3. The van der Waals surface area contributed by atoms with Crippen molar-refractivity contribution in [2.45, 2.75) is 32.2 Å². The fourth-order valence-electron chi connectivity index (χ4n) is 3.65. The van der Waals surface area contributed by atoms with Crippen LogP contribution < -0.4 is 5.32 Å². The Morgan fingerprint density at radius 2 is 2.11 bits per heavy atom. The molecule has 4 nitrogen and oxygen atoms in total. The molecule has 1 atom stereocenters. The van der Waals surface area contributed by atoms with Crippen LogP contribution in [-0.2, 0) is 13.6 Å². The molecule has 2 aliphatic heterocycles. The van der Waals surface area contributed by atoms with E-state index in [-0.39, 0.29) is 0 Å². The molecule has 0 radical (unpaired) electrons. The molecular weight excluding hydrogens is 236 g/mol. The van der Waals surface area contributed by atoms with Crippen molar-refractivity contribution in [2.24, 2.45) is 18.9 Å².